The molecule has 0 aliphatic heterocycles. The van der Waals surface area contributed by atoms with Crippen molar-refractivity contribution in [2.45, 2.75) is 25.5 Å². The molecule has 1 N–H and O–H groups in total. The van der Waals surface area contributed by atoms with Gasteiger partial charge in [-0.05, 0) is 50.2 Å². The van der Waals surface area contributed by atoms with Gasteiger partial charge in [0, 0.05) is 36.6 Å². The second kappa shape index (κ2) is 10.6. The molecule has 0 radical (unpaired) electrons. The molecular weight excluding hydrogens is 394 g/mol. The van der Waals surface area contributed by atoms with Gasteiger partial charge in [0.25, 0.3) is 0 Å². The standard InChI is InChI=1S/C23H27N5OS/c1-4-16-28-22(18-12-14-20(15-13-18)27(5-2)6-3)25-26-23(28)30-17-21(29)24-19-10-8-7-9-11-19/h4,7-15H,1,5-6,16-17H2,2-3H3,(H,24,29). The average molecular weight is 422 g/mol. The lowest BCUT2D eigenvalue weighted by atomic mass is 10.2. The SMILES string of the molecule is C=CCn1c(SCC(=O)Nc2ccccc2)nnc1-c1ccc(N(CC)CC)cc1. The first-order valence-electron chi connectivity index (χ1n) is 10.0. The van der Waals surface area contributed by atoms with Crippen LogP contribution in [0, 0.1) is 0 Å². The van der Waals surface area contributed by atoms with Crippen LogP contribution in [0.25, 0.3) is 11.4 Å². The molecule has 0 unspecified atom stereocenters. The van der Waals surface area contributed by atoms with E-state index in [1.54, 1.807) is 0 Å². The van der Waals surface area contributed by atoms with Gasteiger partial charge in [-0.25, -0.2) is 0 Å². The highest BCUT2D eigenvalue weighted by molar-refractivity contribution is 7.99. The van der Waals surface area contributed by atoms with E-state index in [0.717, 1.165) is 30.2 Å². The molecule has 2 aromatic carbocycles. The summed E-state index contributed by atoms with van der Waals surface area (Å²) in [5, 5.41) is 12.3. The van der Waals surface area contributed by atoms with E-state index < -0.39 is 0 Å². The number of anilines is 2. The fourth-order valence-corrected chi connectivity index (χ4v) is 3.91. The summed E-state index contributed by atoms with van der Waals surface area (Å²) in [7, 11) is 0. The van der Waals surface area contributed by atoms with E-state index in [9.17, 15) is 4.79 Å². The number of allylic oxidation sites excluding steroid dienone is 1. The summed E-state index contributed by atoms with van der Waals surface area (Å²) in [6.07, 6.45) is 1.81. The molecule has 3 rings (SSSR count). The van der Waals surface area contributed by atoms with Crippen LogP contribution < -0.4 is 10.2 Å². The lowest BCUT2D eigenvalue weighted by Crippen LogP contribution is -2.21. The molecule has 7 heteroatoms. The Kier molecular flexibility index (Phi) is 7.68. The van der Waals surface area contributed by atoms with Crippen molar-refractivity contribution >= 4 is 29.0 Å². The van der Waals surface area contributed by atoms with E-state index >= 15 is 0 Å². The zero-order valence-electron chi connectivity index (χ0n) is 17.4. The number of nitrogens with zero attached hydrogens (tertiary/aromatic N) is 4. The van der Waals surface area contributed by atoms with Crippen LogP contribution >= 0.6 is 11.8 Å². The molecular formula is C23H27N5OS. The monoisotopic (exact) mass is 421 g/mol. The van der Waals surface area contributed by atoms with E-state index in [2.05, 4.69) is 65.1 Å². The number of nitrogens with one attached hydrogen (secondary N) is 1. The Bertz CT molecular complexity index is 965. The summed E-state index contributed by atoms with van der Waals surface area (Å²) in [6, 6.07) is 17.8. The number of thioether (sulfide) groups is 1. The molecule has 0 atom stereocenters. The summed E-state index contributed by atoms with van der Waals surface area (Å²) in [6.45, 7) is 10.7. The van der Waals surface area contributed by atoms with E-state index in [0.29, 0.717) is 11.7 Å². The van der Waals surface area contributed by atoms with Crippen LogP contribution in [-0.2, 0) is 11.3 Å². The van der Waals surface area contributed by atoms with Crippen molar-refractivity contribution in [1.82, 2.24) is 14.8 Å². The van der Waals surface area contributed by atoms with Gasteiger partial charge in [-0.15, -0.1) is 16.8 Å². The Labute approximate surface area is 182 Å². The van der Waals surface area contributed by atoms with Crippen molar-refractivity contribution in [1.29, 1.82) is 0 Å². The van der Waals surface area contributed by atoms with Crippen LogP contribution in [0.5, 0.6) is 0 Å². The van der Waals surface area contributed by atoms with Crippen molar-refractivity contribution < 1.29 is 4.79 Å². The maximum absolute atomic E-state index is 12.3. The van der Waals surface area contributed by atoms with Gasteiger partial charge in [0.1, 0.15) is 0 Å². The van der Waals surface area contributed by atoms with Gasteiger partial charge in [-0.2, -0.15) is 0 Å². The molecule has 1 aromatic heterocycles. The van der Waals surface area contributed by atoms with Crippen molar-refractivity contribution in [3.05, 3.63) is 67.3 Å². The number of carbonyl (C=O) groups excluding carboxylic acids is 1. The van der Waals surface area contributed by atoms with Crippen molar-refractivity contribution in [2.24, 2.45) is 0 Å². The topological polar surface area (TPSA) is 63.1 Å². The summed E-state index contributed by atoms with van der Waals surface area (Å²) >= 11 is 1.37. The summed E-state index contributed by atoms with van der Waals surface area (Å²) in [5.41, 5.74) is 2.95. The first kappa shape index (κ1) is 21.6. The average Bonchev–Trinajstić information content (AvgIpc) is 3.17. The largest absolute Gasteiger partial charge is 0.372 e. The predicted octanol–water partition coefficient (Wildman–Crippen LogP) is 4.71. The Hall–Kier alpha value is -3.06. The molecule has 6 nitrogen and oxygen atoms in total. The minimum Gasteiger partial charge on any atom is -0.372 e. The third kappa shape index (κ3) is 5.30. The number of hydrogen-bond acceptors (Lipinski definition) is 5. The van der Waals surface area contributed by atoms with Crippen LogP contribution in [0.2, 0.25) is 0 Å². The van der Waals surface area contributed by atoms with E-state index in [-0.39, 0.29) is 11.7 Å². The number of carbonyl (C=O) groups is 1. The number of rotatable bonds is 10. The summed E-state index contributed by atoms with van der Waals surface area (Å²) in [4.78, 5) is 14.6. The molecule has 3 aromatic rings. The number of amides is 1. The van der Waals surface area contributed by atoms with Crippen LogP contribution in [0.15, 0.2) is 72.4 Å². The lowest BCUT2D eigenvalue weighted by Gasteiger charge is -2.21. The van der Waals surface area contributed by atoms with Crippen LogP contribution in [-0.4, -0.2) is 39.5 Å². The third-order valence-electron chi connectivity index (χ3n) is 4.67. The van der Waals surface area contributed by atoms with Gasteiger partial charge in [0.15, 0.2) is 11.0 Å². The molecule has 0 saturated heterocycles. The van der Waals surface area contributed by atoms with E-state index in [1.807, 2.05) is 41.0 Å². The molecule has 0 bridgehead atoms. The maximum Gasteiger partial charge on any atom is 0.234 e. The van der Waals surface area contributed by atoms with Crippen molar-refractivity contribution in [3.63, 3.8) is 0 Å². The van der Waals surface area contributed by atoms with Gasteiger partial charge in [-0.3, -0.25) is 9.36 Å². The highest BCUT2D eigenvalue weighted by atomic mass is 32.2. The minimum absolute atomic E-state index is 0.0792. The van der Waals surface area contributed by atoms with Crippen LogP contribution in [0.4, 0.5) is 11.4 Å². The molecule has 0 saturated carbocycles. The van der Waals surface area contributed by atoms with E-state index in [4.69, 9.17) is 0 Å². The van der Waals surface area contributed by atoms with Gasteiger partial charge in [0.05, 0.1) is 5.75 Å². The second-order valence-corrected chi connectivity index (χ2v) is 7.57. The van der Waals surface area contributed by atoms with Crippen LogP contribution in [0.3, 0.4) is 0 Å². The number of benzene rings is 2. The minimum atomic E-state index is -0.0792. The molecule has 30 heavy (non-hydrogen) atoms. The quantitative estimate of drug-likeness (QED) is 0.379. The van der Waals surface area contributed by atoms with Crippen molar-refractivity contribution in [2.75, 3.05) is 29.1 Å². The van der Waals surface area contributed by atoms with Gasteiger partial charge >= 0.3 is 0 Å². The zero-order chi connectivity index (χ0) is 21.3. The van der Waals surface area contributed by atoms with Gasteiger partial charge in [0.2, 0.25) is 5.91 Å². The zero-order valence-corrected chi connectivity index (χ0v) is 18.2. The molecule has 156 valence electrons. The molecule has 0 aliphatic rings. The summed E-state index contributed by atoms with van der Waals surface area (Å²) < 4.78 is 1.99. The Morgan fingerprint density at radius 1 is 1.10 bits per heavy atom. The highest BCUT2D eigenvalue weighted by Gasteiger charge is 2.15. The summed E-state index contributed by atoms with van der Waals surface area (Å²) in [5.74, 6) is 0.946. The van der Waals surface area contributed by atoms with E-state index in [1.165, 1.54) is 17.4 Å². The smallest absolute Gasteiger partial charge is 0.234 e. The molecule has 0 fully saturated rings. The van der Waals surface area contributed by atoms with Crippen molar-refractivity contribution in [3.8, 4) is 11.4 Å². The van der Waals surface area contributed by atoms with Gasteiger partial charge in [-0.1, -0.05) is 36.0 Å². The Morgan fingerprint density at radius 2 is 1.80 bits per heavy atom. The number of aromatic nitrogens is 3. The normalized spacial score (nSPS) is 10.6. The second-order valence-electron chi connectivity index (χ2n) is 6.63. The third-order valence-corrected chi connectivity index (χ3v) is 5.64. The lowest BCUT2D eigenvalue weighted by molar-refractivity contribution is -0.113. The fraction of sp³-hybridized carbons (Fsp3) is 0.261. The first-order valence-corrected chi connectivity index (χ1v) is 11.0. The first-order chi connectivity index (χ1) is 14.7. The number of hydrogen-bond donors (Lipinski definition) is 1. The molecule has 0 aliphatic carbocycles. The molecule has 1 amide bonds. The Morgan fingerprint density at radius 3 is 2.43 bits per heavy atom. The predicted molar refractivity (Wildman–Crippen MR) is 125 cm³/mol. The maximum atomic E-state index is 12.3. The van der Waals surface area contributed by atoms with Gasteiger partial charge < -0.3 is 10.2 Å². The molecule has 1 heterocycles. The number of para-hydroxylation sites is 1. The fourth-order valence-electron chi connectivity index (χ4n) is 3.16. The highest BCUT2D eigenvalue weighted by Crippen LogP contribution is 2.26. The Balaban J connectivity index is 1.73. The van der Waals surface area contributed by atoms with Crippen LogP contribution in [0.1, 0.15) is 13.8 Å². The molecule has 0 spiro atoms.